The molecule has 3 rings (SSSR count). The molecular weight excluding hydrogens is 537 g/mol. The predicted octanol–water partition coefficient (Wildman–Crippen LogP) is 2.28. The van der Waals surface area contributed by atoms with Crippen molar-refractivity contribution in [3.05, 3.63) is 48.6 Å². The van der Waals surface area contributed by atoms with Gasteiger partial charge in [-0.25, -0.2) is 0 Å². The van der Waals surface area contributed by atoms with E-state index in [9.17, 15) is 21.6 Å². The Bertz CT molecular complexity index is 1090. The second kappa shape index (κ2) is 12.5. The number of hydrogen-bond donors (Lipinski definition) is 2. The molecular formula is C20H26N4O7S4. The molecule has 4 atom stereocenters. The second-order valence-corrected chi connectivity index (χ2v) is 13.6. The van der Waals surface area contributed by atoms with Crippen molar-refractivity contribution in [3.8, 4) is 0 Å². The van der Waals surface area contributed by atoms with Gasteiger partial charge >= 0.3 is 0 Å². The lowest BCUT2D eigenvalue weighted by atomic mass is 9.76. The molecule has 1 aliphatic carbocycles. The topological polar surface area (TPSA) is 177 Å². The molecule has 4 unspecified atom stereocenters. The van der Waals surface area contributed by atoms with Crippen molar-refractivity contribution in [3.63, 3.8) is 0 Å². The van der Waals surface area contributed by atoms with Gasteiger partial charge in [-0.15, -0.1) is 0 Å². The zero-order valence-electron chi connectivity index (χ0n) is 18.6. The van der Waals surface area contributed by atoms with Gasteiger partial charge in [0.1, 0.15) is 5.78 Å². The quantitative estimate of drug-likeness (QED) is 0.360. The molecule has 0 spiro atoms. The first-order valence-corrected chi connectivity index (χ1v) is 16.1. The van der Waals surface area contributed by atoms with Crippen LogP contribution >= 0.6 is 23.5 Å². The Kier molecular flexibility index (Phi) is 10.0. The molecule has 1 aliphatic rings. The Morgan fingerprint density at radius 2 is 1.23 bits per heavy atom. The molecule has 2 heterocycles. The summed E-state index contributed by atoms with van der Waals surface area (Å²) in [7, 11) is -8.32. The first-order chi connectivity index (χ1) is 16.6. The summed E-state index contributed by atoms with van der Waals surface area (Å²) < 4.78 is 63.2. The number of thioether (sulfide) groups is 2. The van der Waals surface area contributed by atoms with E-state index in [4.69, 9.17) is 9.11 Å². The molecule has 1 saturated carbocycles. The SMILES string of the molecule is O=C1C(C(SCCS(=O)(=O)O)c2cnccn2)CCCC1C(SCCS(=O)(=O)O)c1cnccn1. The molecule has 11 nitrogen and oxygen atoms in total. The summed E-state index contributed by atoms with van der Waals surface area (Å²) in [6, 6.07) is 0. The molecule has 0 aliphatic heterocycles. The number of carbonyl (C=O) groups is 1. The van der Waals surface area contributed by atoms with E-state index in [0.29, 0.717) is 30.7 Å². The fourth-order valence-electron chi connectivity index (χ4n) is 4.01. The number of rotatable bonds is 12. The molecule has 0 amide bonds. The lowest BCUT2D eigenvalue weighted by molar-refractivity contribution is -0.129. The van der Waals surface area contributed by atoms with Gasteiger partial charge in [-0.05, 0) is 12.8 Å². The second-order valence-electron chi connectivity index (χ2n) is 7.96. The van der Waals surface area contributed by atoms with Crippen LogP contribution in [0.1, 0.15) is 41.2 Å². The fraction of sp³-hybridized carbons (Fsp3) is 0.550. The maximum Gasteiger partial charge on any atom is 0.265 e. The molecule has 0 radical (unpaired) electrons. The first kappa shape index (κ1) is 27.9. The normalized spacial score (nSPS) is 20.9. The van der Waals surface area contributed by atoms with Gasteiger partial charge in [0.05, 0.1) is 33.4 Å². The third-order valence-electron chi connectivity index (χ3n) is 5.52. The zero-order valence-corrected chi connectivity index (χ0v) is 21.8. The van der Waals surface area contributed by atoms with E-state index in [0.717, 1.165) is 0 Å². The molecule has 1 fully saturated rings. The Morgan fingerprint density at radius 3 is 1.57 bits per heavy atom. The number of aromatic nitrogens is 4. The highest BCUT2D eigenvalue weighted by molar-refractivity contribution is 8.00. The van der Waals surface area contributed by atoms with Crippen LogP contribution in [0, 0.1) is 11.8 Å². The van der Waals surface area contributed by atoms with Crippen LogP contribution in [0.5, 0.6) is 0 Å². The molecule has 0 bridgehead atoms. The van der Waals surface area contributed by atoms with Crippen LogP contribution in [0.2, 0.25) is 0 Å². The van der Waals surface area contributed by atoms with Crippen molar-refractivity contribution < 1.29 is 30.7 Å². The zero-order chi connectivity index (χ0) is 25.5. The summed E-state index contributed by atoms with van der Waals surface area (Å²) in [6.07, 6.45) is 11.0. The Balaban J connectivity index is 1.86. The summed E-state index contributed by atoms with van der Waals surface area (Å²) in [4.78, 5) is 30.7. The van der Waals surface area contributed by atoms with Gasteiger partial charge in [-0.2, -0.15) is 40.4 Å². The monoisotopic (exact) mass is 562 g/mol. The minimum atomic E-state index is -4.16. The van der Waals surface area contributed by atoms with Crippen molar-refractivity contribution >= 4 is 49.5 Å². The summed E-state index contributed by atoms with van der Waals surface area (Å²) in [5.74, 6) is -1.78. The lowest BCUT2D eigenvalue weighted by Gasteiger charge is -2.36. The van der Waals surface area contributed by atoms with Gasteiger partial charge in [0, 0.05) is 60.5 Å². The van der Waals surface area contributed by atoms with Crippen LogP contribution in [0.3, 0.4) is 0 Å². The Hall–Kier alpha value is -1.65. The largest absolute Gasteiger partial charge is 0.299 e. The third kappa shape index (κ3) is 8.75. The van der Waals surface area contributed by atoms with Gasteiger partial charge in [0.25, 0.3) is 20.2 Å². The van der Waals surface area contributed by atoms with E-state index >= 15 is 0 Å². The van der Waals surface area contributed by atoms with Crippen LogP contribution < -0.4 is 0 Å². The number of nitrogens with zero attached hydrogens (tertiary/aromatic N) is 4. The Morgan fingerprint density at radius 1 is 0.800 bits per heavy atom. The van der Waals surface area contributed by atoms with Crippen molar-refractivity contribution in [1.82, 2.24) is 19.9 Å². The van der Waals surface area contributed by atoms with E-state index in [1.807, 2.05) is 0 Å². The van der Waals surface area contributed by atoms with E-state index < -0.39 is 54.1 Å². The summed E-state index contributed by atoms with van der Waals surface area (Å²) in [5, 5.41) is -0.933. The highest BCUT2D eigenvalue weighted by Gasteiger charge is 2.42. The maximum absolute atomic E-state index is 13.8. The highest BCUT2D eigenvalue weighted by Crippen LogP contribution is 2.47. The molecule has 2 aromatic heterocycles. The summed E-state index contributed by atoms with van der Waals surface area (Å²) >= 11 is 2.47. The van der Waals surface area contributed by atoms with Gasteiger partial charge in [0.15, 0.2) is 0 Å². The lowest BCUT2D eigenvalue weighted by Crippen LogP contribution is -2.35. The molecule has 0 aromatic carbocycles. The number of Topliss-reactive ketones (excluding diaryl/α,β-unsaturated/α-hetero) is 1. The van der Waals surface area contributed by atoms with Crippen LogP contribution in [-0.4, -0.2) is 74.7 Å². The fourth-order valence-corrected chi connectivity index (χ4v) is 8.56. The number of hydrogen-bond acceptors (Lipinski definition) is 11. The Labute approximate surface area is 212 Å². The molecule has 15 heteroatoms. The van der Waals surface area contributed by atoms with Crippen molar-refractivity contribution in [1.29, 1.82) is 0 Å². The van der Waals surface area contributed by atoms with Gasteiger partial charge < -0.3 is 0 Å². The van der Waals surface area contributed by atoms with Crippen molar-refractivity contribution in [2.24, 2.45) is 11.8 Å². The average Bonchev–Trinajstić information content (AvgIpc) is 2.80. The first-order valence-electron chi connectivity index (χ1n) is 10.7. The van der Waals surface area contributed by atoms with E-state index in [1.54, 1.807) is 12.4 Å². The van der Waals surface area contributed by atoms with Crippen LogP contribution in [-0.2, 0) is 25.0 Å². The minimum absolute atomic E-state index is 0.0544. The van der Waals surface area contributed by atoms with Crippen molar-refractivity contribution in [2.45, 2.75) is 29.8 Å². The summed E-state index contributed by atoms with van der Waals surface area (Å²) in [6.45, 7) is 0. The van der Waals surface area contributed by atoms with Crippen LogP contribution in [0.4, 0.5) is 0 Å². The highest BCUT2D eigenvalue weighted by atomic mass is 32.2. The van der Waals surface area contributed by atoms with Crippen LogP contribution in [0.15, 0.2) is 37.2 Å². The molecule has 35 heavy (non-hydrogen) atoms. The molecule has 192 valence electrons. The van der Waals surface area contributed by atoms with Crippen LogP contribution in [0.25, 0.3) is 0 Å². The number of ketones is 1. The van der Waals surface area contributed by atoms with E-state index in [1.165, 1.54) is 48.3 Å². The molecule has 2 N–H and O–H groups in total. The van der Waals surface area contributed by atoms with Crippen molar-refractivity contribution in [2.75, 3.05) is 23.0 Å². The molecule has 0 saturated heterocycles. The average molecular weight is 563 g/mol. The van der Waals surface area contributed by atoms with Gasteiger partial charge in [-0.3, -0.25) is 33.8 Å². The van der Waals surface area contributed by atoms with E-state index in [2.05, 4.69) is 19.9 Å². The maximum atomic E-state index is 13.8. The van der Waals surface area contributed by atoms with Gasteiger partial charge in [0.2, 0.25) is 0 Å². The smallest absolute Gasteiger partial charge is 0.265 e. The minimum Gasteiger partial charge on any atom is -0.299 e. The van der Waals surface area contributed by atoms with E-state index in [-0.39, 0.29) is 17.3 Å². The molecule has 2 aromatic rings. The predicted molar refractivity (Wildman–Crippen MR) is 133 cm³/mol. The standard InChI is InChI=1S/C20H26N4O7S4/c25-18-14(19(16-12-21-4-6-23-16)32-8-10-34(26,27)28)2-1-3-15(18)20(17-13-22-5-7-24-17)33-9-11-35(29,30)31/h4-7,12-15,19-20H,1-3,8-11H2,(H,26,27,28)(H,29,30,31). The third-order valence-corrected chi connectivity index (χ3v) is 10.2. The number of carbonyl (C=O) groups excluding carboxylic acids is 1. The summed E-state index contributed by atoms with van der Waals surface area (Å²) in [5.41, 5.74) is 1.09. The van der Waals surface area contributed by atoms with Gasteiger partial charge in [-0.1, -0.05) is 6.42 Å².